The highest BCUT2D eigenvalue weighted by Crippen LogP contribution is 2.33. The molecule has 1 heterocycles. The lowest BCUT2D eigenvalue weighted by atomic mass is 9.84. The van der Waals surface area contributed by atoms with Gasteiger partial charge in [-0.05, 0) is 25.0 Å². The normalized spacial score (nSPS) is 19.8. The van der Waals surface area contributed by atoms with Gasteiger partial charge in [-0.25, -0.2) is 13.1 Å². The Labute approximate surface area is 165 Å². The van der Waals surface area contributed by atoms with Gasteiger partial charge in [-0.3, -0.25) is 19.7 Å². The number of nitrogens with one attached hydrogen (secondary N) is 1. The number of benzene rings is 1. The molecule has 10 nitrogen and oxygen atoms in total. The standard InChI is InChI=1S/C16H19N3O7S2/c1-26-11-5-6-14(12(7-11)19(22)23)28(24,25)17-15(20)13-8-27-9-18(13)16(21)10-3-2-4-10/h5-7,10,13H,2-4,8-9H2,1H3,(H,17,20)/t13-/m0/s1. The molecule has 1 aliphatic carbocycles. The first-order valence-corrected chi connectivity index (χ1v) is 11.2. The van der Waals surface area contributed by atoms with Crippen molar-refractivity contribution >= 4 is 39.3 Å². The Balaban J connectivity index is 1.81. The summed E-state index contributed by atoms with van der Waals surface area (Å²) in [5.74, 6) is -0.442. The predicted octanol–water partition coefficient (Wildman–Crippen LogP) is 1.11. The number of hydrogen-bond donors (Lipinski definition) is 1. The summed E-state index contributed by atoms with van der Waals surface area (Å²) in [6, 6.07) is 2.30. The molecule has 0 unspecified atom stereocenters. The van der Waals surface area contributed by atoms with E-state index in [9.17, 15) is 28.1 Å². The molecule has 1 aromatic rings. The summed E-state index contributed by atoms with van der Waals surface area (Å²) in [5, 5.41) is 11.3. The lowest BCUT2D eigenvalue weighted by molar-refractivity contribution is -0.387. The molecule has 2 amide bonds. The Hall–Kier alpha value is -2.34. The summed E-state index contributed by atoms with van der Waals surface area (Å²) in [5.41, 5.74) is -0.706. The number of hydrogen-bond acceptors (Lipinski definition) is 8. The van der Waals surface area contributed by atoms with E-state index in [-0.39, 0.29) is 23.3 Å². The lowest BCUT2D eigenvalue weighted by Crippen LogP contribution is -2.51. The minimum atomic E-state index is -4.50. The number of rotatable bonds is 6. The Morgan fingerprint density at radius 1 is 1.36 bits per heavy atom. The van der Waals surface area contributed by atoms with Crippen LogP contribution in [-0.2, 0) is 19.6 Å². The largest absolute Gasteiger partial charge is 0.497 e. The van der Waals surface area contributed by atoms with E-state index in [1.54, 1.807) is 0 Å². The lowest BCUT2D eigenvalue weighted by Gasteiger charge is -2.31. The molecule has 28 heavy (non-hydrogen) atoms. The molecule has 0 radical (unpaired) electrons. The van der Waals surface area contributed by atoms with Gasteiger partial charge in [0, 0.05) is 11.7 Å². The van der Waals surface area contributed by atoms with E-state index in [1.165, 1.54) is 29.8 Å². The summed E-state index contributed by atoms with van der Waals surface area (Å²) in [7, 11) is -3.21. The molecule has 12 heteroatoms. The van der Waals surface area contributed by atoms with Crippen molar-refractivity contribution in [1.82, 2.24) is 9.62 Å². The van der Waals surface area contributed by atoms with Gasteiger partial charge < -0.3 is 9.64 Å². The van der Waals surface area contributed by atoms with E-state index in [4.69, 9.17) is 4.74 Å². The molecule has 2 aliphatic rings. The summed E-state index contributed by atoms with van der Waals surface area (Å²) in [6.45, 7) is 0. The molecule has 1 saturated heterocycles. The Bertz CT molecular complexity index is 915. The molecule has 1 aliphatic heterocycles. The Morgan fingerprint density at radius 3 is 2.64 bits per heavy atom. The molecule has 3 rings (SSSR count). The van der Waals surface area contributed by atoms with Gasteiger partial charge in [0.25, 0.3) is 21.6 Å². The third kappa shape index (κ3) is 3.92. The second-order valence-electron chi connectivity index (χ2n) is 6.51. The van der Waals surface area contributed by atoms with Crippen molar-refractivity contribution in [2.24, 2.45) is 5.92 Å². The van der Waals surface area contributed by atoms with E-state index in [2.05, 4.69) is 0 Å². The zero-order valence-electron chi connectivity index (χ0n) is 15.0. The number of nitro benzene ring substituents is 1. The van der Waals surface area contributed by atoms with Crippen LogP contribution in [0.15, 0.2) is 23.1 Å². The molecule has 2 fully saturated rings. The number of carbonyl (C=O) groups excluding carboxylic acids is 2. The first-order valence-electron chi connectivity index (χ1n) is 8.52. The SMILES string of the molecule is COc1ccc(S(=O)(=O)NC(=O)[C@@H]2CSCN2C(=O)C2CCC2)c([N+](=O)[O-])c1. The van der Waals surface area contributed by atoms with Crippen LogP contribution in [0.3, 0.4) is 0 Å². The van der Waals surface area contributed by atoms with Crippen molar-refractivity contribution in [1.29, 1.82) is 0 Å². The number of methoxy groups -OCH3 is 1. The third-order valence-corrected chi connectivity index (χ3v) is 7.22. The first kappa shape index (κ1) is 20.4. The molecule has 1 atom stereocenters. The number of nitrogens with zero attached hydrogens (tertiary/aromatic N) is 2. The van der Waals surface area contributed by atoms with Crippen LogP contribution in [0.1, 0.15) is 19.3 Å². The van der Waals surface area contributed by atoms with Crippen LogP contribution in [0.25, 0.3) is 0 Å². The molecule has 0 aromatic heterocycles. The number of amides is 2. The third-order valence-electron chi connectivity index (χ3n) is 4.81. The molecule has 152 valence electrons. The van der Waals surface area contributed by atoms with Gasteiger partial charge in [0.1, 0.15) is 11.8 Å². The average Bonchev–Trinajstić information content (AvgIpc) is 3.09. The molecule has 0 bridgehead atoms. The predicted molar refractivity (Wildman–Crippen MR) is 100 cm³/mol. The fourth-order valence-corrected chi connectivity index (χ4v) is 5.35. The summed E-state index contributed by atoms with van der Waals surface area (Å²) in [4.78, 5) is 36.2. The number of ether oxygens (including phenoxy) is 1. The van der Waals surface area contributed by atoms with Crippen LogP contribution < -0.4 is 9.46 Å². The van der Waals surface area contributed by atoms with Gasteiger partial charge in [-0.2, -0.15) is 0 Å². The highest BCUT2D eigenvalue weighted by atomic mass is 32.2. The van der Waals surface area contributed by atoms with Crippen LogP contribution >= 0.6 is 11.8 Å². The van der Waals surface area contributed by atoms with E-state index in [0.29, 0.717) is 5.88 Å². The average molecular weight is 429 g/mol. The van der Waals surface area contributed by atoms with Crippen LogP contribution in [-0.4, -0.2) is 54.8 Å². The van der Waals surface area contributed by atoms with Gasteiger partial charge in [0.15, 0.2) is 4.90 Å². The smallest absolute Gasteiger partial charge is 0.293 e. The quantitative estimate of drug-likeness (QED) is 0.525. The molecule has 0 spiro atoms. The van der Waals surface area contributed by atoms with Crippen molar-refractivity contribution in [2.75, 3.05) is 18.7 Å². The van der Waals surface area contributed by atoms with Crippen LogP contribution in [0.5, 0.6) is 5.75 Å². The molecule has 1 saturated carbocycles. The molecular formula is C16H19N3O7S2. The fraction of sp³-hybridized carbons (Fsp3) is 0.500. The van der Waals surface area contributed by atoms with Crippen LogP contribution in [0.2, 0.25) is 0 Å². The maximum absolute atomic E-state index is 12.6. The zero-order valence-corrected chi connectivity index (χ0v) is 16.6. The highest BCUT2D eigenvalue weighted by Gasteiger charge is 2.41. The number of thioether (sulfide) groups is 1. The van der Waals surface area contributed by atoms with Crippen molar-refractivity contribution in [2.45, 2.75) is 30.2 Å². The van der Waals surface area contributed by atoms with E-state index in [1.807, 2.05) is 4.72 Å². The molecule has 1 aromatic carbocycles. The van der Waals surface area contributed by atoms with Gasteiger partial charge in [0.05, 0.1) is 24.0 Å². The summed E-state index contributed by atoms with van der Waals surface area (Å²) >= 11 is 1.36. The second-order valence-corrected chi connectivity index (χ2v) is 9.16. The number of carbonyl (C=O) groups is 2. The zero-order chi connectivity index (χ0) is 20.5. The van der Waals surface area contributed by atoms with Gasteiger partial charge in [-0.1, -0.05) is 6.42 Å². The van der Waals surface area contributed by atoms with E-state index >= 15 is 0 Å². The van der Waals surface area contributed by atoms with E-state index < -0.39 is 37.5 Å². The van der Waals surface area contributed by atoms with Crippen molar-refractivity contribution in [3.63, 3.8) is 0 Å². The van der Waals surface area contributed by atoms with Gasteiger partial charge in [0.2, 0.25) is 5.91 Å². The van der Waals surface area contributed by atoms with Crippen LogP contribution in [0.4, 0.5) is 5.69 Å². The maximum atomic E-state index is 12.6. The highest BCUT2D eigenvalue weighted by molar-refractivity contribution is 7.99. The van der Waals surface area contributed by atoms with Gasteiger partial charge in [-0.15, -0.1) is 11.8 Å². The van der Waals surface area contributed by atoms with Crippen molar-refractivity contribution in [3.05, 3.63) is 28.3 Å². The number of sulfonamides is 1. The fourth-order valence-electron chi connectivity index (χ4n) is 3.02. The monoisotopic (exact) mass is 429 g/mol. The summed E-state index contributed by atoms with van der Waals surface area (Å²) in [6.07, 6.45) is 2.50. The second kappa shape index (κ2) is 7.95. The van der Waals surface area contributed by atoms with Gasteiger partial charge >= 0.3 is 0 Å². The van der Waals surface area contributed by atoms with Crippen molar-refractivity contribution in [3.8, 4) is 5.75 Å². The topological polar surface area (TPSA) is 136 Å². The minimum absolute atomic E-state index is 0.112. The first-order chi connectivity index (χ1) is 13.2. The molecular weight excluding hydrogens is 410 g/mol. The Kier molecular flexibility index (Phi) is 5.79. The maximum Gasteiger partial charge on any atom is 0.293 e. The number of nitro groups is 1. The summed E-state index contributed by atoms with van der Waals surface area (Å²) < 4.78 is 32.0. The van der Waals surface area contributed by atoms with Crippen molar-refractivity contribution < 1.29 is 27.7 Å². The van der Waals surface area contributed by atoms with Crippen LogP contribution in [0, 0.1) is 16.0 Å². The minimum Gasteiger partial charge on any atom is -0.497 e. The Morgan fingerprint density at radius 2 is 2.07 bits per heavy atom. The van der Waals surface area contributed by atoms with E-state index in [0.717, 1.165) is 31.4 Å². The molecule has 1 N–H and O–H groups in total.